The first kappa shape index (κ1) is 20.6. The second kappa shape index (κ2) is 8.62. The quantitative estimate of drug-likeness (QED) is 0.341. The number of aryl methyl sites for hydroxylation is 2. The van der Waals surface area contributed by atoms with E-state index in [1.807, 2.05) is 45.0 Å². The van der Waals surface area contributed by atoms with E-state index in [0.29, 0.717) is 10.1 Å². The average molecular weight is 504 g/mol. The Morgan fingerprint density at radius 2 is 1.90 bits per heavy atom. The van der Waals surface area contributed by atoms with Crippen molar-refractivity contribution < 1.29 is 4.79 Å². The van der Waals surface area contributed by atoms with Crippen molar-refractivity contribution in [2.75, 3.05) is 5.32 Å². The van der Waals surface area contributed by atoms with Gasteiger partial charge in [-0.2, -0.15) is 5.10 Å². The molecule has 0 spiro atoms. The predicted octanol–water partition coefficient (Wildman–Crippen LogP) is 5.31. The van der Waals surface area contributed by atoms with Crippen LogP contribution in [0.3, 0.4) is 0 Å². The van der Waals surface area contributed by atoms with Gasteiger partial charge in [-0.3, -0.25) is 10.4 Å². The molecule has 4 rings (SSSR count). The predicted molar refractivity (Wildman–Crippen MR) is 123 cm³/mol. The molecule has 2 amide bonds. The van der Waals surface area contributed by atoms with Crippen molar-refractivity contribution in [3.05, 3.63) is 51.2 Å². The zero-order valence-corrected chi connectivity index (χ0v) is 19.6. The highest BCUT2D eigenvalue weighted by Gasteiger charge is 2.18. The summed E-state index contributed by atoms with van der Waals surface area (Å²) in [6, 6.07) is 7.48. The summed E-state index contributed by atoms with van der Waals surface area (Å²) in [4.78, 5) is 18.1. The van der Waals surface area contributed by atoms with Gasteiger partial charge in [-0.15, -0.1) is 21.5 Å². The van der Waals surface area contributed by atoms with Crippen molar-refractivity contribution in [1.29, 1.82) is 0 Å². The maximum atomic E-state index is 12.5. The van der Waals surface area contributed by atoms with Gasteiger partial charge in [0.05, 0.1) is 28.4 Å². The first-order valence-electron chi connectivity index (χ1n) is 9.05. The van der Waals surface area contributed by atoms with Crippen LogP contribution in [0.1, 0.15) is 29.2 Å². The Hall–Kier alpha value is -2.63. The molecule has 0 aliphatic carbocycles. The van der Waals surface area contributed by atoms with Gasteiger partial charge in [0.1, 0.15) is 5.01 Å². The fraction of sp³-hybridized carbons (Fsp3) is 0.211. The third-order valence-electron chi connectivity index (χ3n) is 4.37. The van der Waals surface area contributed by atoms with Crippen molar-refractivity contribution in [3.8, 4) is 21.1 Å². The molecule has 8 nitrogen and oxygen atoms in total. The molecule has 0 saturated carbocycles. The van der Waals surface area contributed by atoms with E-state index in [-0.39, 0.29) is 12.1 Å². The first-order valence-corrected chi connectivity index (χ1v) is 11.5. The number of aromatic amines is 1. The lowest BCUT2D eigenvalue weighted by Crippen LogP contribution is -2.31. The number of nitrogens with one attached hydrogen (secondary N) is 3. The van der Waals surface area contributed by atoms with Crippen molar-refractivity contribution in [3.63, 3.8) is 0 Å². The average Bonchev–Trinajstić information content (AvgIpc) is 3.42. The summed E-state index contributed by atoms with van der Waals surface area (Å²) in [5.41, 5.74) is 3.72. The highest BCUT2D eigenvalue weighted by molar-refractivity contribution is 9.10. The van der Waals surface area contributed by atoms with Crippen LogP contribution >= 0.6 is 38.6 Å². The minimum absolute atomic E-state index is 0.199. The van der Waals surface area contributed by atoms with Crippen LogP contribution in [0.5, 0.6) is 0 Å². The highest BCUT2D eigenvalue weighted by Crippen LogP contribution is 2.32. The van der Waals surface area contributed by atoms with E-state index in [9.17, 15) is 4.79 Å². The zero-order valence-electron chi connectivity index (χ0n) is 16.4. The number of nitrogens with zero attached hydrogens (tertiary/aromatic N) is 4. The monoisotopic (exact) mass is 503 g/mol. The molecule has 4 aromatic rings. The summed E-state index contributed by atoms with van der Waals surface area (Å²) >= 11 is 6.31. The molecule has 0 saturated heterocycles. The van der Waals surface area contributed by atoms with Gasteiger partial charge in [-0.1, -0.05) is 39.4 Å². The molecule has 0 aliphatic rings. The van der Waals surface area contributed by atoms with E-state index in [1.54, 1.807) is 17.5 Å². The summed E-state index contributed by atoms with van der Waals surface area (Å²) < 4.78 is 1.02. The molecule has 3 N–H and O–H groups in total. The molecule has 11 heteroatoms. The summed E-state index contributed by atoms with van der Waals surface area (Å²) in [6.45, 7) is 5.80. The lowest BCUT2D eigenvalue weighted by molar-refractivity contribution is 0.249. The number of halogens is 1. The summed E-state index contributed by atoms with van der Waals surface area (Å²) in [7, 11) is 0. The van der Waals surface area contributed by atoms with Crippen molar-refractivity contribution >= 4 is 49.8 Å². The number of thiazole rings is 1. The Balaban J connectivity index is 1.42. The van der Waals surface area contributed by atoms with Crippen LogP contribution in [0.25, 0.3) is 21.1 Å². The van der Waals surface area contributed by atoms with Crippen molar-refractivity contribution in [1.82, 2.24) is 30.7 Å². The molecular formula is C19H18BrN7OS2. The topological polar surface area (TPSA) is 108 Å². The van der Waals surface area contributed by atoms with E-state index >= 15 is 0 Å². The maximum Gasteiger partial charge on any atom is 0.321 e. The minimum Gasteiger partial charge on any atom is -0.330 e. The van der Waals surface area contributed by atoms with Gasteiger partial charge in [-0.25, -0.2) is 9.78 Å². The van der Waals surface area contributed by atoms with E-state index in [2.05, 4.69) is 51.9 Å². The molecule has 1 unspecified atom stereocenters. The first-order chi connectivity index (χ1) is 14.4. The van der Waals surface area contributed by atoms with Crippen LogP contribution < -0.4 is 10.6 Å². The number of benzene rings is 1. The Morgan fingerprint density at radius 3 is 2.60 bits per heavy atom. The molecule has 0 aliphatic heterocycles. The number of H-pyrrole nitrogens is 1. The number of hydrogen-bond donors (Lipinski definition) is 3. The van der Waals surface area contributed by atoms with Crippen LogP contribution in [0.2, 0.25) is 0 Å². The molecule has 0 fully saturated rings. The fourth-order valence-corrected chi connectivity index (χ4v) is 5.01. The van der Waals surface area contributed by atoms with Crippen LogP contribution in [0, 0.1) is 13.8 Å². The number of rotatable bonds is 5. The zero-order chi connectivity index (χ0) is 21.3. The van der Waals surface area contributed by atoms with Gasteiger partial charge in [0, 0.05) is 15.7 Å². The Morgan fingerprint density at radius 1 is 1.13 bits per heavy atom. The lowest BCUT2D eigenvalue weighted by Gasteiger charge is -2.12. The number of carbonyl (C=O) groups is 1. The SMILES string of the molecule is Cc1nc(-c2ccc(Br)cc2)sc1C(C)NC(=O)Nc1nnc(-c2cn[nH]c2C)s1. The third kappa shape index (κ3) is 4.42. The normalized spacial score (nSPS) is 12.0. The largest absolute Gasteiger partial charge is 0.330 e. The number of amides is 2. The van der Waals surface area contributed by atoms with Crippen molar-refractivity contribution in [2.24, 2.45) is 0 Å². The molecule has 1 aromatic carbocycles. The van der Waals surface area contributed by atoms with E-state index in [1.165, 1.54) is 11.3 Å². The Bertz CT molecular complexity index is 1180. The Labute approximate surface area is 189 Å². The summed E-state index contributed by atoms with van der Waals surface area (Å²) in [6.07, 6.45) is 1.69. The molecule has 0 bridgehead atoms. The second-order valence-corrected chi connectivity index (χ2v) is 9.54. The van der Waals surface area contributed by atoms with Gasteiger partial charge < -0.3 is 5.32 Å². The standard InChI is InChI=1S/C19H18BrN7OS2/c1-9-14(8-21-25-9)17-26-27-19(30-17)24-18(28)23-11(3)15-10(2)22-16(29-15)12-4-6-13(20)7-5-12/h4-8,11H,1-3H3,(H,21,25)(H2,23,24,27,28). The molecule has 30 heavy (non-hydrogen) atoms. The van der Waals surface area contributed by atoms with E-state index in [4.69, 9.17) is 0 Å². The highest BCUT2D eigenvalue weighted by atomic mass is 79.9. The summed E-state index contributed by atoms with van der Waals surface area (Å²) in [5, 5.41) is 22.8. The van der Waals surface area contributed by atoms with Crippen LogP contribution in [0.15, 0.2) is 34.9 Å². The third-order valence-corrected chi connectivity index (χ3v) is 7.16. The summed E-state index contributed by atoms with van der Waals surface area (Å²) in [5.74, 6) is 0. The number of hydrogen-bond acceptors (Lipinski definition) is 7. The molecule has 0 radical (unpaired) electrons. The minimum atomic E-state index is -0.341. The van der Waals surface area contributed by atoms with E-state index in [0.717, 1.165) is 36.9 Å². The van der Waals surface area contributed by atoms with Gasteiger partial charge >= 0.3 is 6.03 Å². The molecule has 3 aromatic heterocycles. The fourth-order valence-electron chi connectivity index (χ4n) is 2.87. The number of anilines is 1. The maximum absolute atomic E-state index is 12.5. The molecule has 3 heterocycles. The van der Waals surface area contributed by atoms with Gasteiger partial charge in [0.2, 0.25) is 5.13 Å². The van der Waals surface area contributed by atoms with Gasteiger partial charge in [0.25, 0.3) is 0 Å². The lowest BCUT2D eigenvalue weighted by atomic mass is 10.2. The van der Waals surface area contributed by atoms with Crippen LogP contribution in [-0.4, -0.2) is 31.4 Å². The van der Waals surface area contributed by atoms with Crippen LogP contribution in [0.4, 0.5) is 9.93 Å². The molecule has 1 atom stereocenters. The number of urea groups is 1. The smallest absolute Gasteiger partial charge is 0.321 e. The number of aromatic nitrogens is 5. The van der Waals surface area contributed by atoms with Crippen molar-refractivity contribution in [2.45, 2.75) is 26.8 Å². The van der Waals surface area contributed by atoms with Crippen LogP contribution in [-0.2, 0) is 0 Å². The Kier molecular flexibility index (Phi) is 5.93. The number of carbonyl (C=O) groups excluding carboxylic acids is 1. The van der Waals surface area contributed by atoms with Gasteiger partial charge in [0.15, 0.2) is 5.01 Å². The molecule has 154 valence electrons. The van der Waals surface area contributed by atoms with Gasteiger partial charge in [-0.05, 0) is 32.9 Å². The second-order valence-electron chi connectivity index (χ2n) is 6.62. The van der Waals surface area contributed by atoms with E-state index < -0.39 is 0 Å². The molecular weight excluding hydrogens is 486 g/mol.